The molecule has 1 aliphatic rings. The molecule has 0 bridgehead atoms. The minimum atomic E-state index is -0.0551. The molecular weight excluding hydrogens is 386 g/mol. The summed E-state index contributed by atoms with van der Waals surface area (Å²) in [4.78, 5) is 22.6. The van der Waals surface area contributed by atoms with Crippen LogP contribution in [0.2, 0.25) is 0 Å². The van der Waals surface area contributed by atoms with Crippen LogP contribution in [-0.2, 0) is 11.2 Å². The number of rotatable bonds is 7. The number of aromatic nitrogens is 2. The molecular formula is C21H25N5O2S. The summed E-state index contributed by atoms with van der Waals surface area (Å²) >= 11 is 1.56. The largest absolute Gasteiger partial charge is 0.367 e. The van der Waals surface area contributed by atoms with E-state index in [2.05, 4.69) is 38.2 Å². The van der Waals surface area contributed by atoms with Gasteiger partial charge in [-0.15, -0.1) is 11.3 Å². The molecule has 0 aliphatic carbocycles. The van der Waals surface area contributed by atoms with Gasteiger partial charge in [0.1, 0.15) is 0 Å². The third-order valence-electron chi connectivity index (χ3n) is 5.11. The molecule has 29 heavy (non-hydrogen) atoms. The third-order valence-corrected chi connectivity index (χ3v) is 5.98. The Labute approximate surface area is 174 Å². The molecule has 1 N–H and O–H groups in total. The number of carbonyl (C=O) groups is 1. The van der Waals surface area contributed by atoms with Crippen molar-refractivity contribution in [1.29, 1.82) is 0 Å². The van der Waals surface area contributed by atoms with Crippen LogP contribution in [0.15, 0.2) is 46.3 Å². The second-order valence-electron chi connectivity index (χ2n) is 6.98. The Bertz CT molecular complexity index is 932. The van der Waals surface area contributed by atoms with Gasteiger partial charge in [-0.25, -0.2) is 0 Å². The molecule has 1 aliphatic heterocycles. The molecule has 2 aromatic heterocycles. The predicted molar refractivity (Wildman–Crippen MR) is 115 cm³/mol. The molecule has 0 spiro atoms. The number of benzene rings is 1. The maximum absolute atomic E-state index is 12.5. The smallest absolute Gasteiger partial charge is 0.227 e. The van der Waals surface area contributed by atoms with Crippen LogP contribution in [0, 0.1) is 0 Å². The van der Waals surface area contributed by atoms with E-state index in [9.17, 15) is 4.79 Å². The van der Waals surface area contributed by atoms with E-state index in [0.717, 1.165) is 49.0 Å². The first-order chi connectivity index (χ1) is 14.2. The van der Waals surface area contributed by atoms with Crippen molar-refractivity contribution >= 4 is 28.6 Å². The fraction of sp³-hybridized carbons (Fsp3) is 0.381. The second-order valence-corrected chi connectivity index (χ2v) is 7.92. The maximum Gasteiger partial charge on any atom is 0.227 e. The molecule has 1 fully saturated rings. The minimum Gasteiger partial charge on any atom is -0.367 e. The van der Waals surface area contributed by atoms with Crippen LogP contribution in [0.5, 0.6) is 0 Å². The number of piperazine rings is 1. The van der Waals surface area contributed by atoms with Crippen LogP contribution >= 0.6 is 11.3 Å². The molecule has 8 heteroatoms. The summed E-state index contributed by atoms with van der Waals surface area (Å²) in [6, 6.07) is 11.9. The van der Waals surface area contributed by atoms with E-state index < -0.39 is 0 Å². The average Bonchev–Trinajstić information content (AvgIpc) is 3.45. The maximum atomic E-state index is 12.5. The summed E-state index contributed by atoms with van der Waals surface area (Å²) in [6.45, 7) is 7.29. The Morgan fingerprint density at radius 3 is 2.76 bits per heavy atom. The summed E-state index contributed by atoms with van der Waals surface area (Å²) in [5.41, 5.74) is 1.93. The molecule has 0 radical (unpaired) electrons. The van der Waals surface area contributed by atoms with Gasteiger partial charge in [0.2, 0.25) is 17.6 Å². The van der Waals surface area contributed by atoms with Gasteiger partial charge in [-0.3, -0.25) is 4.79 Å². The SMILES string of the molecule is CCN1CCN(c2ccccc2NC(=O)CCc2nc(-c3cccs3)no2)CC1. The van der Waals surface area contributed by atoms with Crippen molar-refractivity contribution in [3.05, 3.63) is 47.7 Å². The Balaban J connectivity index is 1.34. The van der Waals surface area contributed by atoms with Gasteiger partial charge in [-0.1, -0.05) is 30.3 Å². The van der Waals surface area contributed by atoms with Crippen LogP contribution in [0.3, 0.4) is 0 Å². The Morgan fingerprint density at radius 1 is 1.17 bits per heavy atom. The Morgan fingerprint density at radius 2 is 2.00 bits per heavy atom. The van der Waals surface area contributed by atoms with Crippen molar-refractivity contribution in [2.45, 2.75) is 19.8 Å². The van der Waals surface area contributed by atoms with Gasteiger partial charge in [-0.05, 0) is 30.1 Å². The lowest BCUT2D eigenvalue weighted by molar-refractivity contribution is -0.116. The van der Waals surface area contributed by atoms with Gasteiger partial charge in [0.05, 0.1) is 16.3 Å². The van der Waals surface area contributed by atoms with Crippen molar-refractivity contribution in [3.63, 3.8) is 0 Å². The summed E-state index contributed by atoms with van der Waals surface area (Å²) in [6.07, 6.45) is 0.714. The first kappa shape index (κ1) is 19.6. The van der Waals surface area contributed by atoms with Crippen LogP contribution in [0.25, 0.3) is 10.7 Å². The van der Waals surface area contributed by atoms with Gasteiger partial charge in [0, 0.05) is 39.0 Å². The van der Waals surface area contributed by atoms with Crippen LogP contribution in [0.4, 0.5) is 11.4 Å². The Hall–Kier alpha value is -2.71. The molecule has 152 valence electrons. The number of para-hydroxylation sites is 2. The number of aryl methyl sites for hydroxylation is 1. The second kappa shape index (κ2) is 9.19. The highest BCUT2D eigenvalue weighted by Gasteiger charge is 2.19. The van der Waals surface area contributed by atoms with Crippen LogP contribution in [0.1, 0.15) is 19.2 Å². The lowest BCUT2D eigenvalue weighted by atomic mass is 10.2. The topological polar surface area (TPSA) is 74.5 Å². The third kappa shape index (κ3) is 4.83. The van der Waals surface area contributed by atoms with E-state index in [0.29, 0.717) is 24.6 Å². The van der Waals surface area contributed by atoms with E-state index >= 15 is 0 Å². The van der Waals surface area contributed by atoms with Gasteiger partial charge in [0.15, 0.2) is 0 Å². The van der Waals surface area contributed by atoms with E-state index in [-0.39, 0.29) is 5.91 Å². The van der Waals surface area contributed by atoms with E-state index in [1.165, 1.54) is 0 Å². The lowest BCUT2D eigenvalue weighted by Gasteiger charge is -2.36. The normalized spacial score (nSPS) is 14.9. The zero-order valence-corrected chi connectivity index (χ0v) is 17.3. The molecule has 0 saturated carbocycles. The molecule has 0 unspecified atom stereocenters. The fourth-order valence-electron chi connectivity index (χ4n) is 3.46. The summed E-state index contributed by atoms with van der Waals surface area (Å²) in [5.74, 6) is 1.00. The summed E-state index contributed by atoms with van der Waals surface area (Å²) in [5, 5.41) is 9.02. The van der Waals surface area contributed by atoms with Crippen molar-refractivity contribution in [3.8, 4) is 10.7 Å². The van der Waals surface area contributed by atoms with Gasteiger partial charge < -0.3 is 19.6 Å². The predicted octanol–water partition coefficient (Wildman–Crippen LogP) is 3.51. The number of anilines is 2. The van der Waals surface area contributed by atoms with Gasteiger partial charge in [0.25, 0.3) is 0 Å². The number of thiophene rings is 1. The molecule has 7 nitrogen and oxygen atoms in total. The van der Waals surface area contributed by atoms with Gasteiger partial charge >= 0.3 is 0 Å². The standard InChI is InChI=1S/C21H25N5O2S/c1-2-25-11-13-26(14-12-25)17-7-4-3-6-16(17)22-19(27)9-10-20-23-21(24-28-20)18-8-5-15-29-18/h3-8,15H,2,9-14H2,1H3,(H,22,27). The minimum absolute atomic E-state index is 0.0551. The van der Waals surface area contributed by atoms with E-state index in [1.807, 2.05) is 35.7 Å². The van der Waals surface area contributed by atoms with E-state index in [1.54, 1.807) is 11.3 Å². The zero-order chi connectivity index (χ0) is 20.1. The average molecular weight is 412 g/mol. The number of likely N-dealkylation sites (N-methyl/N-ethyl adjacent to an activating group) is 1. The molecule has 1 saturated heterocycles. The number of nitrogens with zero attached hydrogens (tertiary/aromatic N) is 4. The van der Waals surface area contributed by atoms with Crippen molar-refractivity contribution in [2.24, 2.45) is 0 Å². The Kier molecular flexibility index (Phi) is 6.21. The monoisotopic (exact) mass is 411 g/mol. The quantitative estimate of drug-likeness (QED) is 0.641. The van der Waals surface area contributed by atoms with Crippen molar-refractivity contribution in [1.82, 2.24) is 15.0 Å². The zero-order valence-electron chi connectivity index (χ0n) is 16.5. The molecule has 3 heterocycles. The van der Waals surface area contributed by atoms with Crippen LogP contribution < -0.4 is 10.2 Å². The molecule has 1 amide bonds. The number of amides is 1. The summed E-state index contributed by atoms with van der Waals surface area (Å²) < 4.78 is 5.28. The summed E-state index contributed by atoms with van der Waals surface area (Å²) in [7, 11) is 0. The number of hydrogen-bond acceptors (Lipinski definition) is 7. The van der Waals surface area contributed by atoms with Crippen LogP contribution in [-0.4, -0.2) is 53.7 Å². The highest BCUT2D eigenvalue weighted by Crippen LogP contribution is 2.27. The highest BCUT2D eigenvalue weighted by molar-refractivity contribution is 7.13. The number of nitrogens with one attached hydrogen (secondary N) is 1. The van der Waals surface area contributed by atoms with Gasteiger partial charge in [-0.2, -0.15) is 4.98 Å². The molecule has 4 rings (SSSR count). The van der Waals surface area contributed by atoms with Crippen molar-refractivity contribution < 1.29 is 9.32 Å². The van der Waals surface area contributed by atoms with E-state index in [4.69, 9.17) is 4.52 Å². The first-order valence-corrected chi connectivity index (χ1v) is 10.8. The lowest BCUT2D eigenvalue weighted by Crippen LogP contribution is -2.46. The van der Waals surface area contributed by atoms with Crippen molar-refractivity contribution in [2.75, 3.05) is 42.9 Å². The molecule has 1 aromatic carbocycles. The fourth-order valence-corrected chi connectivity index (χ4v) is 4.10. The number of carbonyl (C=O) groups excluding carboxylic acids is 1. The molecule has 0 atom stereocenters. The number of hydrogen-bond donors (Lipinski definition) is 1. The first-order valence-electron chi connectivity index (χ1n) is 9.95. The molecule has 3 aromatic rings. The highest BCUT2D eigenvalue weighted by atomic mass is 32.1.